The summed E-state index contributed by atoms with van der Waals surface area (Å²) in [5.74, 6) is 1.66. The van der Waals surface area contributed by atoms with Crippen LogP contribution in [-0.2, 0) is 23.0 Å². The van der Waals surface area contributed by atoms with Crippen molar-refractivity contribution in [3.8, 4) is 0 Å². The van der Waals surface area contributed by atoms with E-state index in [1.54, 1.807) is 0 Å². The Morgan fingerprint density at radius 1 is 1.10 bits per heavy atom. The van der Waals surface area contributed by atoms with Gasteiger partial charge in [0.25, 0.3) is 5.69 Å². The Balaban J connectivity index is 1.61. The highest BCUT2D eigenvalue weighted by Gasteiger charge is 2.29. The van der Waals surface area contributed by atoms with Crippen molar-refractivity contribution in [2.75, 3.05) is 18.4 Å². The molecule has 4 rings (SSSR count). The number of aromatic nitrogens is 3. The Hall–Kier alpha value is -2.53. The highest BCUT2D eigenvalue weighted by atomic mass is 32.2. The van der Waals surface area contributed by atoms with Crippen molar-refractivity contribution in [3.63, 3.8) is 0 Å². The zero-order valence-electron chi connectivity index (χ0n) is 17.0. The summed E-state index contributed by atoms with van der Waals surface area (Å²) >= 11 is 0. The molecular weight excluding hydrogens is 408 g/mol. The first-order chi connectivity index (χ1) is 14.4. The summed E-state index contributed by atoms with van der Waals surface area (Å²) in [4.78, 5) is 11.1. The van der Waals surface area contributed by atoms with Gasteiger partial charge in [0.1, 0.15) is 11.5 Å². The third kappa shape index (κ3) is 3.91. The first-order valence-corrected chi connectivity index (χ1v) is 11.8. The van der Waals surface area contributed by atoms with Crippen molar-refractivity contribution in [3.05, 3.63) is 40.0 Å². The van der Waals surface area contributed by atoms with Crippen molar-refractivity contribution in [1.29, 1.82) is 0 Å². The molecule has 0 aliphatic carbocycles. The molecule has 1 unspecified atom stereocenters. The quantitative estimate of drug-likeness (QED) is 0.548. The van der Waals surface area contributed by atoms with Crippen LogP contribution in [0.5, 0.6) is 0 Å². The van der Waals surface area contributed by atoms with Crippen molar-refractivity contribution in [1.82, 2.24) is 19.1 Å². The fourth-order valence-corrected chi connectivity index (χ4v) is 5.69. The Labute approximate surface area is 175 Å². The second-order valence-corrected chi connectivity index (χ2v) is 9.79. The summed E-state index contributed by atoms with van der Waals surface area (Å²) in [5, 5.41) is 23.3. The molecule has 1 aromatic carbocycles. The van der Waals surface area contributed by atoms with Gasteiger partial charge < -0.3 is 9.88 Å². The van der Waals surface area contributed by atoms with E-state index in [0.717, 1.165) is 62.8 Å². The van der Waals surface area contributed by atoms with E-state index in [1.807, 2.05) is 6.92 Å². The standard InChI is InChI=1S/C19H26N6O4S/c1-14(19-22-21-18-7-3-6-12-24(18)19)20-16-9-8-15(13-17(16)25(26)27)30(28,29)23-10-4-2-5-11-23/h8-9,13-14,20H,2-7,10-12H2,1H3. The van der Waals surface area contributed by atoms with Crippen LogP contribution < -0.4 is 5.32 Å². The lowest BCUT2D eigenvalue weighted by atomic mass is 10.1. The number of benzene rings is 1. The molecule has 3 heterocycles. The first kappa shape index (κ1) is 20.7. The molecule has 2 aliphatic heterocycles. The molecule has 11 heteroatoms. The number of anilines is 1. The molecule has 1 saturated heterocycles. The van der Waals surface area contributed by atoms with E-state index < -0.39 is 14.9 Å². The number of fused-ring (bicyclic) bond motifs is 1. The molecule has 0 saturated carbocycles. The van der Waals surface area contributed by atoms with Gasteiger partial charge in [0.15, 0.2) is 5.82 Å². The van der Waals surface area contributed by atoms with Crippen LogP contribution >= 0.6 is 0 Å². The highest BCUT2D eigenvalue weighted by Crippen LogP contribution is 2.32. The maximum absolute atomic E-state index is 12.9. The number of nitro benzene ring substituents is 1. The summed E-state index contributed by atoms with van der Waals surface area (Å²) in [6.45, 7) is 3.60. The molecule has 2 aliphatic rings. The molecule has 0 spiro atoms. The second-order valence-electron chi connectivity index (χ2n) is 7.85. The first-order valence-electron chi connectivity index (χ1n) is 10.3. The smallest absolute Gasteiger partial charge is 0.293 e. The fourth-order valence-electron chi connectivity index (χ4n) is 4.15. The number of hydrogen-bond acceptors (Lipinski definition) is 7. The van der Waals surface area contributed by atoms with Crippen LogP contribution in [0.25, 0.3) is 0 Å². The normalized spacial score (nSPS) is 18.6. The zero-order chi connectivity index (χ0) is 21.3. The van der Waals surface area contributed by atoms with E-state index in [4.69, 9.17) is 0 Å². The molecule has 1 N–H and O–H groups in total. The van der Waals surface area contributed by atoms with E-state index in [1.165, 1.54) is 16.4 Å². The number of aryl methyl sites for hydroxylation is 1. The molecule has 30 heavy (non-hydrogen) atoms. The van der Waals surface area contributed by atoms with Gasteiger partial charge in [0, 0.05) is 32.1 Å². The minimum Gasteiger partial charge on any atom is -0.370 e. The van der Waals surface area contributed by atoms with Crippen molar-refractivity contribution in [2.24, 2.45) is 0 Å². The van der Waals surface area contributed by atoms with Gasteiger partial charge in [-0.3, -0.25) is 10.1 Å². The lowest BCUT2D eigenvalue weighted by Crippen LogP contribution is -2.35. The molecule has 0 bridgehead atoms. The number of hydrogen-bond donors (Lipinski definition) is 1. The predicted octanol–water partition coefficient (Wildman–Crippen LogP) is 2.87. The molecular formula is C19H26N6O4S. The SMILES string of the molecule is CC(Nc1ccc(S(=O)(=O)N2CCCCC2)cc1[N+](=O)[O-])c1nnc2n1CCCC2. The van der Waals surface area contributed by atoms with Crippen LogP contribution in [0.15, 0.2) is 23.1 Å². The predicted molar refractivity (Wildman–Crippen MR) is 111 cm³/mol. The van der Waals surface area contributed by atoms with Gasteiger partial charge in [-0.1, -0.05) is 6.42 Å². The van der Waals surface area contributed by atoms with Crippen molar-refractivity contribution >= 4 is 21.4 Å². The van der Waals surface area contributed by atoms with Crippen LogP contribution in [0.3, 0.4) is 0 Å². The number of rotatable bonds is 6. The van der Waals surface area contributed by atoms with Gasteiger partial charge in [-0.25, -0.2) is 8.42 Å². The fraction of sp³-hybridized carbons (Fsp3) is 0.579. The summed E-state index contributed by atoms with van der Waals surface area (Å²) < 4.78 is 29.3. The van der Waals surface area contributed by atoms with Gasteiger partial charge >= 0.3 is 0 Å². The highest BCUT2D eigenvalue weighted by molar-refractivity contribution is 7.89. The number of nitro groups is 1. The van der Waals surface area contributed by atoms with Crippen molar-refractivity contribution in [2.45, 2.75) is 62.9 Å². The number of nitrogens with zero attached hydrogens (tertiary/aromatic N) is 5. The molecule has 0 radical (unpaired) electrons. The van der Waals surface area contributed by atoms with Gasteiger partial charge in [0.05, 0.1) is 15.9 Å². The molecule has 10 nitrogen and oxygen atoms in total. The Morgan fingerprint density at radius 2 is 1.83 bits per heavy atom. The number of nitrogens with one attached hydrogen (secondary N) is 1. The topological polar surface area (TPSA) is 123 Å². The van der Waals surface area contributed by atoms with E-state index in [-0.39, 0.29) is 22.3 Å². The largest absolute Gasteiger partial charge is 0.370 e. The monoisotopic (exact) mass is 434 g/mol. The van der Waals surface area contributed by atoms with Gasteiger partial charge in [-0.05, 0) is 44.7 Å². The molecule has 1 atom stereocenters. The minimum atomic E-state index is -3.74. The summed E-state index contributed by atoms with van der Waals surface area (Å²) in [6.07, 6.45) is 5.62. The van der Waals surface area contributed by atoms with Crippen molar-refractivity contribution < 1.29 is 13.3 Å². The summed E-state index contributed by atoms with van der Waals surface area (Å²) in [7, 11) is -3.74. The van der Waals surface area contributed by atoms with Gasteiger partial charge in [-0.2, -0.15) is 4.31 Å². The molecule has 1 aromatic heterocycles. The number of piperidine rings is 1. The van der Waals surface area contributed by atoms with Crippen LogP contribution in [0, 0.1) is 10.1 Å². The number of sulfonamides is 1. The van der Waals surface area contributed by atoms with E-state index in [2.05, 4.69) is 20.1 Å². The summed E-state index contributed by atoms with van der Waals surface area (Å²) in [5.41, 5.74) is -0.00318. The molecule has 1 fully saturated rings. The van der Waals surface area contributed by atoms with Gasteiger partial charge in [0.2, 0.25) is 10.0 Å². The van der Waals surface area contributed by atoms with E-state index in [9.17, 15) is 18.5 Å². The third-order valence-corrected chi connectivity index (χ3v) is 7.66. The Morgan fingerprint density at radius 3 is 2.57 bits per heavy atom. The maximum Gasteiger partial charge on any atom is 0.293 e. The lowest BCUT2D eigenvalue weighted by Gasteiger charge is -2.26. The molecule has 0 amide bonds. The van der Waals surface area contributed by atoms with Crippen LogP contribution in [0.2, 0.25) is 0 Å². The average Bonchev–Trinajstić information content (AvgIpc) is 3.18. The molecule has 2 aromatic rings. The third-order valence-electron chi connectivity index (χ3n) is 5.77. The minimum absolute atomic E-state index is 0.0471. The maximum atomic E-state index is 12.9. The van der Waals surface area contributed by atoms with Crippen LogP contribution in [-0.4, -0.2) is 45.5 Å². The zero-order valence-corrected chi connectivity index (χ0v) is 17.8. The lowest BCUT2D eigenvalue weighted by molar-refractivity contribution is -0.384. The Kier molecular flexibility index (Phi) is 5.74. The van der Waals surface area contributed by atoms with E-state index in [0.29, 0.717) is 13.1 Å². The summed E-state index contributed by atoms with van der Waals surface area (Å²) in [6, 6.07) is 3.75. The Bertz CT molecular complexity index is 1050. The van der Waals surface area contributed by atoms with Crippen LogP contribution in [0.4, 0.5) is 11.4 Å². The van der Waals surface area contributed by atoms with Gasteiger partial charge in [-0.15, -0.1) is 10.2 Å². The van der Waals surface area contributed by atoms with Crippen LogP contribution in [0.1, 0.15) is 56.7 Å². The van der Waals surface area contributed by atoms with E-state index >= 15 is 0 Å². The average molecular weight is 435 g/mol. The second kappa shape index (κ2) is 8.31. The molecule has 162 valence electrons.